The van der Waals surface area contributed by atoms with E-state index in [2.05, 4.69) is 108 Å². The standard InChI is InChI=1S/C28H38N4O.2C2H3N.2BF4.Cu/c1-26(17-29(2)15-16-30(3)18-26)32-21-27(23-11-7-5-8-12-23)19-31(4)20-28(22-32,25(27)33)24-13-9-6-10-14-24;2*1-2-3;2*2-1(3,4)5;/h5-14H,15-22H2,1-4H3;2*1H3;;;/q;;;2*-1;+2/t27-,28+;;;;;. The van der Waals surface area contributed by atoms with Crippen LogP contribution in [0.1, 0.15) is 31.9 Å². The molecule has 2 bridgehead atoms. The predicted octanol–water partition coefficient (Wildman–Crippen LogP) is 5.99. The monoisotopic (exact) mass is 765 g/mol. The van der Waals surface area contributed by atoms with Gasteiger partial charge in [0.25, 0.3) is 0 Å². The number of nitriles is 2. The van der Waals surface area contributed by atoms with Crippen LogP contribution in [-0.4, -0.2) is 119 Å². The van der Waals surface area contributed by atoms with Crippen LogP contribution in [0.2, 0.25) is 0 Å². The van der Waals surface area contributed by atoms with Crippen molar-refractivity contribution in [3.8, 4) is 12.1 Å². The number of nitrogens with zero attached hydrogens (tertiary/aromatic N) is 6. The molecule has 0 saturated carbocycles. The molecule has 3 saturated heterocycles. The van der Waals surface area contributed by atoms with Gasteiger partial charge in [-0.15, -0.1) is 0 Å². The van der Waals surface area contributed by atoms with Crippen LogP contribution < -0.4 is 0 Å². The van der Waals surface area contributed by atoms with Gasteiger partial charge in [0.2, 0.25) is 0 Å². The normalized spacial score (nSPS) is 23.8. The third kappa shape index (κ3) is 14.3. The van der Waals surface area contributed by atoms with Gasteiger partial charge in [0.05, 0.1) is 23.0 Å². The number of likely N-dealkylation sites (N-methyl/N-ethyl adjacent to an activating group) is 3. The molecule has 3 fully saturated rings. The second kappa shape index (κ2) is 20.2. The molecule has 2 atom stereocenters. The summed E-state index contributed by atoms with van der Waals surface area (Å²) < 4.78 is 78.0. The summed E-state index contributed by atoms with van der Waals surface area (Å²) in [5, 5.41) is 14.6. The Kier molecular flexibility index (Phi) is 19.0. The number of benzene rings is 2. The van der Waals surface area contributed by atoms with Crippen LogP contribution in [0.15, 0.2) is 60.7 Å². The Morgan fingerprint density at radius 2 is 0.880 bits per heavy atom. The molecule has 0 spiro atoms. The first kappa shape index (κ1) is 47.0. The maximum Gasteiger partial charge on any atom is 2.00 e. The Bertz CT molecular complexity index is 1290. The van der Waals surface area contributed by atoms with Gasteiger partial charge in [-0.2, -0.15) is 10.5 Å². The number of ketones is 1. The minimum absolute atomic E-state index is 0. The molecule has 0 unspecified atom stereocenters. The van der Waals surface area contributed by atoms with E-state index in [0.717, 1.165) is 63.5 Å². The molecule has 3 aliphatic rings. The number of piperidine rings is 2. The predicted molar refractivity (Wildman–Crippen MR) is 177 cm³/mol. The number of hydrogen-bond acceptors (Lipinski definition) is 7. The summed E-state index contributed by atoms with van der Waals surface area (Å²) in [6, 6.07) is 24.6. The molecule has 0 aromatic heterocycles. The average Bonchev–Trinajstić information content (AvgIpc) is 3.10. The zero-order chi connectivity index (χ0) is 37.7. The fourth-order valence-corrected chi connectivity index (χ4v) is 6.97. The molecule has 7 nitrogen and oxygen atoms in total. The minimum atomic E-state index is -6.00. The molecule has 2 aromatic carbocycles. The number of carbonyl (C=O) groups is 1. The van der Waals surface area contributed by atoms with Gasteiger partial charge >= 0.3 is 31.6 Å². The molecule has 281 valence electrons. The van der Waals surface area contributed by atoms with Gasteiger partial charge in [-0.3, -0.25) is 9.69 Å². The van der Waals surface area contributed by atoms with Crippen LogP contribution >= 0.6 is 0 Å². The van der Waals surface area contributed by atoms with Crippen molar-refractivity contribution in [1.29, 1.82) is 10.5 Å². The Morgan fingerprint density at radius 1 is 0.600 bits per heavy atom. The van der Waals surface area contributed by atoms with Crippen molar-refractivity contribution in [2.45, 2.75) is 37.1 Å². The van der Waals surface area contributed by atoms with Gasteiger partial charge in [-0.05, 0) is 39.2 Å². The first-order valence-electron chi connectivity index (χ1n) is 15.4. The summed E-state index contributed by atoms with van der Waals surface area (Å²) in [6.07, 6.45) is 0. The van der Waals surface area contributed by atoms with Gasteiger partial charge < -0.3 is 49.2 Å². The van der Waals surface area contributed by atoms with Crippen molar-refractivity contribution in [2.75, 3.05) is 73.5 Å². The van der Waals surface area contributed by atoms with E-state index in [1.807, 2.05) is 0 Å². The third-order valence-electron chi connectivity index (χ3n) is 8.37. The smallest absolute Gasteiger partial charge is 0.418 e. The molecule has 1 radical (unpaired) electrons. The SMILES string of the molecule is CC#N.CC#N.CN1CCN(C)CC(C)(N2C[C@@]3(c4ccccc4)CN(C)C[C@@](c4ccccc4)(C2)C3=O)C1.F[B-](F)(F)F.F[B-](F)(F)F.[Cu+2]. The zero-order valence-electron chi connectivity index (χ0n) is 29.0. The zero-order valence-corrected chi connectivity index (χ0v) is 29.9. The number of likely N-dealkylation sites (tertiary alicyclic amines) is 2. The van der Waals surface area contributed by atoms with Crippen molar-refractivity contribution in [3.05, 3.63) is 71.8 Å². The van der Waals surface area contributed by atoms with Crippen molar-refractivity contribution >= 4 is 20.3 Å². The molecule has 0 aliphatic carbocycles. The fraction of sp³-hybridized carbons (Fsp3) is 0.531. The second-order valence-electron chi connectivity index (χ2n) is 12.7. The van der Waals surface area contributed by atoms with Crippen LogP contribution in [0.5, 0.6) is 0 Å². The van der Waals surface area contributed by atoms with Gasteiger partial charge in [0, 0.05) is 71.7 Å². The Hall–Kier alpha value is -2.98. The molecule has 0 amide bonds. The van der Waals surface area contributed by atoms with Crippen LogP contribution in [0.4, 0.5) is 34.5 Å². The van der Waals surface area contributed by atoms with E-state index >= 15 is 0 Å². The molecule has 18 heteroatoms. The molecule has 0 N–H and O–H groups in total. The van der Waals surface area contributed by atoms with Gasteiger partial charge in [-0.1, -0.05) is 60.7 Å². The Balaban J connectivity index is 0.00000120. The van der Waals surface area contributed by atoms with E-state index in [9.17, 15) is 39.3 Å². The molecular formula is C32H44B2CuF8N6O. The molecular weight excluding hydrogens is 722 g/mol. The first-order chi connectivity index (χ1) is 22.6. The number of Topliss-reactive ketones (excluding diaryl/α,β-unsaturated/α-hetero) is 1. The molecule has 2 aromatic rings. The van der Waals surface area contributed by atoms with Crippen molar-refractivity contribution in [2.24, 2.45) is 0 Å². The Morgan fingerprint density at radius 3 is 1.16 bits per heavy atom. The van der Waals surface area contributed by atoms with Crippen LogP contribution in [0, 0.1) is 22.7 Å². The topological polar surface area (TPSA) is 77.6 Å². The number of halogens is 8. The number of rotatable bonds is 3. The summed E-state index contributed by atoms with van der Waals surface area (Å²) in [4.78, 5) is 24.7. The van der Waals surface area contributed by atoms with Crippen LogP contribution in [-0.2, 0) is 32.7 Å². The number of hydrogen-bond donors (Lipinski definition) is 0. The van der Waals surface area contributed by atoms with Crippen molar-refractivity contribution in [3.63, 3.8) is 0 Å². The molecule has 3 heterocycles. The average molecular weight is 766 g/mol. The third-order valence-corrected chi connectivity index (χ3v) is 8.37. The minimum Gasteiger partial charge on any atom is -0.418 e. The molecule has 3 aliphatic heterocycles. The first-order valence-corrected chi connectivity index (χ1v) is 15.4. The van der Waals surface area contributed by atoms with E-state index in [1.54, 1.807) is 12.1 Å². The summed E-state index contributed by atoms with van der Waals surface area (Å²) in [5.74, 6) is 0.403. The van der Waals surface area contributed by atoms with E-state index in [-0.39, 0.29) is 22.6 Å². The van der Waals surface area contributed by atoms with Crippen LogP contribution in [0.3, 0.4) is 0 Å². The fourth-order valence-electron chi connectivity index (χ4n) is 6.97. The van der Waals surface area contributed by atoms with E-state index in [0.29, 0.717) is 5.78 Å². The summed E-state index contributed by atoms with van der Waals surface area (Å²) >= 11 is 0. The van der Waals surface area contributed by atoms with Crippen LogP contribution in [0.25, 0.3) is 0 Å². The summed E-state index contributed by atoms with van der Waals surface area (Å²) in [7, 11) is -5.34. The van der Waals surface area contributed by atoms with Crippen molar-refractivity contribution in [1.82, 2.24) is 19.6 Å². The quantitative estimate of drug-likeness (QED) is 0.281. The van der Waals surface area contributed by atoms with E-state index in [1.165, 1.54) is 13.8 Å². The summed E-state index contributed by atoms with van der Waals surface area (Å²) in [5.41, 5.74) is 1.22. The maximum absolute atomic E-state index is 14.7. The van der Waals surface area contributed by atoms with Gasteiger partial charge in [0.1, 0.15) is 0 Å². The number of carbonyl (C=O) groups excluding carboxylic acids is 1. The maximum atomic E-state index is 14.7. The summed E-state index contributed by atoms with van der Waals surface area (Å²) in [6.45, 7) is 12.5. The Labute approximate surface area is 300 Å². The number of fused-ring (bicyclic) bond motifs is 2. The van der Waals surface area contributed by atoms with Gasteiger partial charge in [-0.25, -0.2) is 0 Å². The van der Waals surface area contributed by atoms with Crippen molar-refractivity contribution < 1.29 is 56.4 Å². The van der Waals surface area contributed by atoms with Gasteiger partial charge in [0.15, 0.2) is 5.78 Å². The largest absolute Gasteiger partial charge is 2.00 e. The van der Waals surface area contributed by atoms with E-state index in [4.69, 9.17) is 10.5 Å². The second-order valence-corrected chi connectivity index (χ2v) is 12.7. The van der Waals surface area contributed by atoms with E-state index < -0.39 is 25.3 Å². The molecule has 5 rings (SSSR count). The molecule has 50 heavy (non-hydrogen) atoms.